The maximum atomic E-state index is 12.1. The van der Waals surface area contributed by atoms with E-state index < -0.39 is 19.4 Å². The van der Waals surface area contributed by atoms with Gasteiger partial charge >= 0.3 is 7.60 Å². The van der Waals surface area contributed by atoms with Crippen molar-refractivity contribution in [1.82, 2.24) is 0 Å². The van der Waals surface area contributed by atoms with Crippen LogP contribution in [-0.2, 0) is 13.6 Å². The van der Waals surface area contributed by atoms with Crippen LogP contribution in [0.25, 0.3) is 0 Å². The minimum absolute atomic E-state index is 0.286. The maximum Gasteiger partial charge on any atom is 0.340 e. The lowest BCUT2D eigenvalue weighted by Gasteiger charge is -2.25. The van der Waals surface area contributed by atoms with E-state index in [4.69, 9.17) is 9.05 Å². The van der Waals surface area contributed by atoms with Crippen molar-refractivity contribution in [2.75, 3.05) is 13.2 Å². The summed E-state index contributed by atoms with van der Waals surface area (Å²) < 4.78 is 22.3. The number of hydrogen-bond acceptors (Lipinski definition) is 4. The molecule has 0 radical (unpaired) electrons. The van der Waals surface area contributed by atoms with E-state index in [0.29, 0.717) is 0 Å². The molecular weight excluding hydrogens is 203 g/mol. The normalized spacial score (nSPS) is 16.3. The molecular formula is C9H19O4P. The molecule has 0 fully saturated rings. The fraction of sp³-hybridized carbons (Fsp3) is 0.778. The minimum Gasteiger partial charge on any atom is -0.392 e. The second-order valence-corrected chi connectivity index (χ2v) is 5.03. The molecule has 14 heavy (non-hydrogen) atoms. The summed E-state index contributed by atoms with van der Waals surface area (Å²) in [6, 6.07) is 0. The Morgan fingerprint density at radius 2 is 1.86 bits per heavy atom. The zero-order valence-electron chi connectivity index (χ0n) is 8.97. The molecule has 0 aromatic carbocycles. The third-order valence-corrected chi connectivity index (χ3v) is 4.33. The second-order valence-electron chi connectivity index (χ2n) is 2.84. The summed E-state index contributed by atoms with van der Waals surface area (Å²) in [5.41, 5.74) is -0.664. The van der Waals surface area contributed by atoms with Crippen LogP contribution in [0, 0.1) is 0 Å². The zero-order valence-corrected chi connectivity index (χ0v) is 9.87. The standard InChI is InChI=1S/C9H19O4P/c1-5-9(8(4)10)14(11,12-6-2)13-7-3/h5,8-10H,1,6-7H2,2-4H3/t8-,9+/m1/s1. The number of aliphatic hydroxyl groups is 1. The van der Waals surface area contributed by atoms with Gasteiger partial charge in [-0.1, -0.05) is 6.08 Å². The van der Waals surface area contributed by atoms with E-state index in [1.54, 1.807) is 13.8 Å². The molecule has 0 bridgehead atoms. The Kier molecular flexibility index (Phi) is 6.29. The molecule has 0 saturated heterocycles. The molecule has 0 saturated carbocycles. The summed E-state index contributed by atoms with van der Waals surface area (Å²) in [6.07, 6.45) is 0.618. The molecule has 0 aliphatic carbocycles. The molecule has 4 nitrogen and oxygen atoms in total. The van der Waals surface area contributed by atoms with Gasteiger partial charge in [-0.3, -0.25) is 4.57 Å². The van der Waals surface area contributed by atoms with Crippen LogP contribution in [0.4, 0.5) is 0 Å². The van der Waals surface area contributed by atoms with Crippen LogP contribution in [-0.4, -0.2) is 30.1 Å². The SMILES string of the molecule is C=C[C@@H]([C@@H](C)O)P(=O)(OCC)OCC. The van der Waals surface area contributed by atoms with Crippen LogP contribution < -0.4 is 0 Å². The van der Waals surface area contributed by atoms with E-state index in [0.717, 1.165) is 0 Å². The van der Waals surface area contributed by atoms with Crippen molar-refractivity contribution in [2.45, 2.75) is 32.5 Å². The van der Waals surface area contributed by atoms with Crippen LogP contribution in [0.15, 0.2) is 12.7 Å². The quantitative estimate of drug-likeness (QED) is 0.530. The first-order valence-corrected chi connectivity index (χ1v) is 6.32. The van der Waals surface area contributed by atoms with Gasteiger partial charge in [-0.25, -0.2) is 0 Å². The van der Waals surface area contributed by atoms with Crippen molar-refractivity contribution in [1.29, 1.82) is 0 Å². The van der Waals surface area contributed by atoms with Crippen LogP contribution in [0.5, 0.6) is 0 Å². The van der Waals surface area contributed by atoms with Gasteiger partial charge in [0.15, 0.2) is 0 Å². The lowest BCUT2D eigenvalue weighted by Crippen LogP contribution is -2.23. The highest BCUT2D eigenvalue weighted by Crippen LogP contribution is 2.54. The Morgan fingerprint density at radius 1 is 1.43 bits per heavy atom. The Labute approximate surface area is 85.5 Å². The van der Waals surface area contributed by atoms with Crippen LogP contribution in [0.2, 0.25) is 0 Å². The molecule has 0 aliphatic heterocycles. The van der Waals surface area contributed by atoms with E-state index in [1.165, 1.54) is 13.0 Å². The van der Waals surface area contributed by atoms with Crippen molar-refractivity contribution in [3.05, 3.63) is 12.7 Å². The predicted molar refractivity (Wildman–Crippen MR) is 56.5 cm³/mol. The molecule has 0 aromatic rings. The Morgan fingerprint density at radius 3 is 2.07 bits per heavy atom. The van der Waals surface area contributed by atoms with E-state index in [-0.39, 0.29) is 13.2 Å². The lowest BCUT2D eigenvalue weighted by atomic mass is 10.3. The molecule has 2 atom stereocenters. The topological polar surface area (TPSA) is 55.8 Å². The first kappa shape index (κ1) is 13.8. The largest absolute Gasteiger partial charge is 0.392 e. The van der Waals surface area contributed by atoms with Gasteiger partial charge < -0.3 is 14.2 Å². The third kappa shape index (κ3) is 3.54. The van der Waals surface area contributed by atoms with Gasteiger partial charge in [-0.05, 0) is 20.8 Å². The number of aliphatic hydroxyl groups excluding tert-OH is 1. The third-order valence-electron chi connectivity index (χ3n) is 1.72. The summed E-state index contributed by atoms with van der Waals surface area (Å²) in [5, 5.41) is 9.40. The van der Waals surface area contributed by atoms with Crippen molar-refractivity contribution in [3.63, 3.8) is 0 Å². The molecule has 1 N–H and O–H groups in total. The summed E-state index contributed by atoms with van der Waals surface area (Å²) in [7, 11) is -3.25. The molecule has 84 valence electrons. The fourth-order valence-electron chi connectivity index (χ4n) is 1.16. The Bertz CT molecular complexity index is 205. The van der Waals surface area contributed by atoms with E-state index in [9.17, 15) is 9.67 Å². The Hall–Kier alpha value is -0.150. The van der Waals surface area contributed by atoms with Crippen LogP contribution in [0.3, 0.4) is 0 Å². The average Bonchev–Trinajstić information content (AvgIpc) is 2.04. The lowest BCUT2D eigenvalue weighted by molar-refractivity contribution is 0.163. The van der Waals surface area contributed by atoms with Gasteiger partial charge in [0.25, 0.3) is 0 Å². The van der Waals surface area contributed by atoms with E-state index in [1.807, 2.05) is 0 Å². The first-order chi connectivity index (χ1) is 6.51. The smallest absolute Gasteiger partial charge is 0.340 e. The van der Waals surface area contributed by atoms with Gasteiger partial charge in [-0.15, -0.1) is 6.58 Å². The fourth-order valence-corrected chi connectivity index (χ4v) is 3.08. The van der Waals surface area contributed by atoms with Gasteiger partial charge in [0.2, 0.25) is 0 Å². The van der Waals surface area contributed by atoms with Gasteiger partial charge in [0.05, 0.1) is 19.3 Å². The van der Waals surface area contributed by atoms with Gasteiger partial charge in [-0.2, -0.15) is 0 Å². The monoisotopic (exact) mass is 222 g/mol. The highest BCUT2D eigenvalue weighted by atomic mass is 31.2. The zero-order chi connectivity index (χ0) is 11.2. The summed E-state index contributed by atoms with van der Waals surface area (Å²) in [6.45, 7) is 9.09. The van der Waals surface area contributed by atoms with E-state index >= 15 is 0 Å². The summed E-state index contributed by atoms with van der Waals surface area (Å²) in [4.78, 5) is 0. The molecule has 0 spiro atoms. The highest BCUT2D eigenvalue weighted by molar-refractivity contribution is 7.55. The van der Waals surface area contributed by atoms with Crippen LogP contribution >= 0.6 is 7.60 Å². The number of hydrogen-bond donors (Lipinski definition) is 1. The molecule has 5 heteroatoms. The molecule has 0 aliphatic rings. The predicted octanol–water partition coefficient (Wildman–Crippen LogP) is 2.19. The van der Waals surface area contributed by atoms with E-state index in [2.05, 4.69) is 6.58 Å². The van der Waals surface area contributed by atoms with Crippen molar-refractivity contribution < 1.29 is 18.7 Å². The maximum absolute atomic E-state index is 12.1. The minimum atomic E-state index is -3.25. The van der Waals surface area contributed by atoms with Gasteiger partial charge in [0.1, 0.15) is 5.66 Å². The van der Waals surface area contributed by atoms with Crippen molar-refractivity contribution in [2.24, 2.45) is 0 Å². The Balaban J connectivity index is 4.75. The highest BCUT2D eigenvalue weighted by Gasteiger charge is 2.36. The molecule has 0 aromatic heterocycles. The second kappa shape index (κ2) is 6.36. The summed E-state index contributed by atoms with van der Waals surface area (Å²) in [5.74, 6) is 0. The molecule has 0 amide bonds. The molecule has 0 heterocycles. The molecule has 0 unspecified atom stereocenters. The van der Waals surface area contributed by atoms with Crippen LogP contribution in [0.1, 0.15) is 20.8 Å². The van der Waals surface area contributed by atoms with Crippen molar-refractivity contribution in [3.8, 4) is 0 Å². The first-order valence-electron chi connectivity index (χ1n) is 4.71. The molecule has 0 rings (SSSR count). The van der Waals surface area contributed by atoms with Gasteiger partial charge in [0, 0.05) is 0 Å². The number of rotatable bonds is 7. The summed E-state index contributed by atoms with van der Waals surface area (Å²) >= 11 is 0. The van der Waals surface area contributed by atoms with Crippen molar-refractivity contribution >= 4 is 7.60 Å². The average molecular weight is 222 g/mol.